The third-order valence-corrected chi connectivity index (χ3v) is 9.96. The van der Waals surface area contributed by atoms with Crippen LogP contribution in [0.4, 0.5) is 5.69 Å². The SMILES string of the molecule is Br.CCCOC(=O)c1cc(CC)ccc1C(=O)Nc1ccc2sc(CCC)c(CCN(CC)CCCC3CCCC3)c2c1. The number of thiophene rings is 1. The number of ether oxygens (including phenoxy) is 1. The minimum atomic E-state index is -0.444. The van der Waals surface area contributed by atoms with Crippen LogP contribution in [-0.2, 0) is 24.0 Å². The summed E-state index contributed by atoms with van der Waals surface area (Å²) in [6.07, 6.45) is 13.1. The first-order chi connectivity index (χ1) is 20.5. The maximum absolute atomic E-state index is 13.5. The molecule has 236 valence electrons. The zero-order valence-corrected chi connectivity index (χ0v) is 29.2. The average molecular weight is 672 g/mol. The maximum Gasteiger partial charge on any atom is 0.338 e. The summed E-state index contributed by atoms with van der Waals surface area (Å²) in [5.41, 5.74) is 3.86. The highest BCUT2D eigenvalue weighted by Crippen LogP contribution is 2.35. The fraction of sp³-hybridized carbons (Fsp3) is 0.556. The van der Waals surface area contributed by atoms with E-state index < -0.39 is 5.97 Å². The minimum absolute atomic E-state index is 0. The number of aryl methyl sites for hydroxylation is 2. The van der Waals surface area contributed by atoms with Gasteiger partial charge in [0.1, 0.15) is 0 Å². The van der Waals surface area contributed by atoms with Crippen LogP contribution < -0.4 is 5.32 Å². The molecule has 4 rings (SSSR count). The van der Waals surface area contributed by atoms with Gasteiger partial charge in [-0.1, -0.05) is 65.9 Å². The standard InChI is InChI=1S/C36H50N2O3S.BrH/c1-5-12-33-29(20-22-38(8-4)21-11-15-27-13-9-10-14-27)31-25-28(17-19-34(31)42-33)37-35(39)30-18-16-26(7-3)24-32(30)36(40)41-23-6-2;/h16-19,24-25,27H,5-15,20-23H2,1-4H3,(H,37,39);1H. The molecule has 1 heterocycles. The Bertz CT molecular complexity index is 1330. The van der Waals surface area contributed by atoms with E-state index in [1.165, 1.54) is 65.6 Å². The quantitative estimate of drug-likeness (QED) is 0.154. The number of hydrogen-bond acceptors (Lipinski definition) is 5. The zero-order chi connectivity index (χ0) is 29.9. The number of rotatable bonds is 16. The monoisotopic (exact) mass is 670 g/mol. The highest BCUT2D eigenvalue weighted by atomic mass is 79.9. The van der Waals surface area contributed by atoms with Gasteiger partial charge in [0.2, 0.25) is 0 Å². The van der Waals surface area contributed by atoms with Crippen LogP contribution in [0.5, 0.6) is 0 Å². The number of nitrogens with zero attached hydrogens (tertiary/aromatic N) is 1. The fourth-order valence-corrected chi connectivity index (χ4v) is 7.56. The van der Waals surface area contributed by atoms with Crippen molar-refractivity contribution < 1.29 is 14.3 Å². The van der Waals surface area contributed by atoms with Gasteiger partial charge < -0.3 is 15.0 Å². The largest absolute Gasteiger partial charge is 0.462 e. The second-order valence-electron chi connectivity index (χ2n) is 11.8. The minimum Gasteiger partial charge on any atom is -0.462 e. The van der Waals surface area contributed by atoms with Gasteiger partial charge in [0.25, 0.3) is 5.91 Å². The number of hydrogen-bond donors (Lipinski definition) is 1. The molecule has 1 aliphatic carbocycles. The van der Waals surface area contributed by atoms with Crippen LogP contribution in [0.15, 0.2) is 36.4 Å². The molecule has 1 amide bonds. The molecule has 0 unspecified atom stereocenters. The summed E-state index contributed by atoms with van der Waals surface area (Å²) in [7, 11) is 0. The molecular formula is C36H51BrN2O3S. The predicted octanol–water partition coefficient (Wildman–Crippen LogP) is 9.65. The Labute approximate surface area is 273 Å². The first-order valence-corrected chi connectivity index (χ1v) is 17.2. The molecule has 1 aromatic heterocycles. The number of esters is 1. The summed E-state index contributed by atoms with van der Waals surface area (Å²) in [5, 5.41) is 4.33. The van der Waals surface area contributed by atoms with E-state index in [0.717, 1.165) is 62.4 Å². The molecule has 1 N–H and O–H groups in total. The highest BCUT2D eigenvalue weighted by molar-refractivity contribution is 8.93. The van der Waals surface area contributed by atoms with Gasteiger partial charge in [-0.15, -0.1) is 28.3 Å². The van der Waals surface area contributed by atoms with Crippen molar-refractivity contribution in [2.24, 2.45) is 5.92 Å². The van der Waals surface area contributed by atoms with Gasteiger partial charge in [0.15, 0.2) is 0 Å². The maximum atomic E-state index is 13.5. The van der Waals surface area contributed by atoms with Gasteiger partial charge >= 0.3 is 5.97 Å². The molecule has 2 aromatic carbocycles. The van der Waals surface area contributed by atoms with E-state index >= 15 is 0 Å². The Morgan fingerprint density at radius 2 is 1.74 bits per heavy atom. The summed E-state index contributed by atoms with van der Waals surface area (Å²) < 4.78 is 6.67. The predicted molar refractivity (Wildman–Crippen MR) is 187 cm³/mol. The van der Waals surface area contributed by atoms with Crippen LogP contribution in [0, 0.1) is 5.92 Å². The van der Waals surface area contributed by atoms with E-state index in [9.17, 15) is 9.59 Å². The van der Waals surface area contributed by atoms with Crippen LogP contribution in [-0.4, -0.2) is 43.0 Å². The van der Waals surface area contributed by atoms with Gasteiger partial charge in [-0.25, -0.2) is 4.79 Å². The normalized spacial score (nSPS) is 13.4. The highest BCUT2D eigenvalue weighted by Gasteiger charge is 2.20. The zero-order valence-electron chi connectivity index (χ0n) is 26.6. The average Bonchev–Trinajstić information content (AvgIpc) is 3.65. The summed E-state index contributed by atoms with van der Waals surface area (Å²) >= 11 is 1.89. The van der Waals surface area contributed by atoms with E-state index in [1.54, 1.807) is 12.1 Å². The van der Waals surface area contributed by atoms with Gasteiger partial charge in [0.05, 0.1) is 17.7 Å². The molecule has 0 atom stereocenters. The lowest BCUT2D eigenvalue weighted by atomic mass is 10.0. The lowest BCUT2D eigenvalue weighted by Crippen LogP contribution is -2.27. The van der Waals surface area contributed by atoms with Crippen LogP contribution in [0.3, 0.4) is 0 Å². The second kappa shape index (κ2) is 17.9. The number of fused-ring (bicyclic) bond motifs is 1. The first kappa shape index (κ1) is 35.3. The molecule has 1 fully saturated rings. The lowest BCUT2D eigenvalue weighted by Gasteiger charge is -2.21. The van der Waals surface area contributed by atoms with Gasteiger partial charge in [-0.2, -0.15) is 0 Å². The number of nitrogens with one attached hydrogen (secondary N) is 1. The summed E-state index contributed by atoms with van der Waals surface area (Å²) in [6, 6.07) is 11.7. The molecular weight excluding hydrogens is 620 g/mol. The Morgan fingerprint density at radius 1 is 0.953 bits per heavy atom. The fourth-order valence-electron chi connectivity index (χ4n) is 6.23. The van der Waals surface area contributed by atoms with Crippen molar-refractivity contribution in [2.75, 3.05) is 31.6 Å². The number of halogens is 1. The summed E-state index contributed by atoms with van der Waals surface area (Å²) in [5.74, 6) is 0.225. The number of carbonyl (C=O) groups excluding carboxylic acids is 2. The molecule has 0 bridgehead atoms. The number of benzene rings is 2. The molecule has 5 nitrogen and oxygen atoms in total. The number of likely N-dealkylation sites (N-methyl/N-ethyl adjacent to an activating group) is 1. The summed E-state index contributed by atoms with van der Waals surface area (Å²) in [4.78, 5) is 30.4. The van der Waals surface area contributed by atoms with Crippen molar-refractivity contribution in [3.63, 3.8) is 0 Å². The number of carbonyl (C=O) groups is 2. The van der Waals surface area contributed by atoms with E-state index in [-0.39, 0.29) is 22.9 Å². The van der Waals surface area contributed by atoms with Crippen molar-refractivity contribution in [2.45, 2.75) is 98.3 Å². The van der Waals surface area contributed by atoms with E-state index in [2.05, 4.69) is 36.2 Å². The van der Waals surface area contributed by atoms with Crippen LogP contribution in [0.1, 0.15) is 116 Å². The Morgan fingerprint density at radius 3 is 2.44 bits per heavy atom. The number of amides is 1. The van der Waals surface area contributed by atoms with Crippen LogP contribution in [0.2, 0.25) is 0 Å². The van der Waals surface area contributed by atoms with Gasteiger partial charge in [0, 0.05) is 21.8 Å². The van der Waals surface area contributed by atoms with Crippen molar-refractivity contribution in [1.29, 1.82) is 0 Å². The molecule has 0 spiro atoms. The lowest BCUT2D eigenvalue weighted by molar-refractivity contribution is 0.0502. The van der Waals surface area contributed by atoms with E-state index in [1.807, 2.05) is 37.3 Å². The topological polar surface area (TPSA) is 58.6 Å². The van der Waals surface area contributed by atoms with Crippen molar-refractivity contribution in [1.82, 2.24) is 4.90 Å². The van der Waals surface area contributed by atoms with Gasteiger partial charge in [-0.3, -0.25) is 4.79 Å². The molecule has 3 aromatic rings. The van der Waals surface area contributed by atoms with Crippen molar-refractivity contribution in [3.05, 3.63) is 63.5 Å². The second-order valence-corrected chi connectivity index (χ2v) is 12.9. The smallest absolute Gasteiger partial charge is 0.338 e. The third kappa shape index (κ3) is 9.63. The number of anilines is 1. The Hall–Kier alpha value is -2.22. The molecule has 7 heteroatoms. The van der Waals surface area contributed by atoms with E-state index in [0.29, 0.717) is 17.7 Å². The molecule has 1 saturated carbocycles. The Balaban J connectivity index is 0.00000506. The molecule has 0 saturated heterocycles. The van der Waals surface area contributed by atoms with Crippen LogP contribution in [0.25, 0.3) is 10.1 Å². The van der Waals surface area contributed by atoms with Gasteiger partial charge in [-0.05, 0) is 104 Å². The van der Waals surface area contributed by atoms with Crippen molar-refractivity contribution >= 4 is 56.0 Å². The Kier molecular flexibility index (Phi) is 14.7. The first-order valence-electron chi connectivity index (χ1n) is 16.3. The summed E-state index contributed by atoms with van der Waals surface area (Å²) in [6.45, 7) is 12.2. The van der Waals surface area contributed by atoms with Crippen LogP contribution >= 0.6 is 28.3 Å². The van der Waals surface area contributed by atoms with Crippen molar-refractivity contribution in [3.8, 4) is 0 Å². The molecule has 0 radical (unpaired) electrons. The molecule has 1 aliphatic rings. The molecule has 43 heavy (non-hydrogen) atoms. The third-order valence-electron chi connectivity index (χ3n) is 8.69. The molecule has 0 aliphatic heterocycles. The van der Waals surface area contributed by atoms with E-state index in [4.69, 9.17) is 4.74 Å².